The normalized spacial score (nSPS) is 11.3. The van der Waals surface area contributed by atoms with Crippen LogP contribution < -0.4 is 5.32 Å². The Balaban J connectivity index is 1.43. The maximum atomic E-state index is 15.1. The first-order valence-corrected chi connectivity index (χ1v) is 11.8. The third-order valence-corrected chi connectivity index (χ3v) is 6.04. The monoisotopic (exact) mass is 492 g/mol. The molecule has 0 aliphatic carbocycles. The number of aromatic amines is 2. The van der Waals surface area contributed by atoms with E-state index in [0.717, 1.165) is 23.2 Å². The molecule has 0 fully saturated rings. The average molecular weight is 493 g/mol. The fourth-order valence-electron chi connectivity index (χ4n) is 4.31. The Kier molecular flexibility index (Phi) is 5.61. The smallest absolute Gasteiger partial charge is 0.224 e. The number of halogens is 1. The van der Waals surface area contributed by atoms with Crippen LogP contribution in [0, 0.1) is 5.82 Å². The zero-order chi connectivity index (χ0) is 25.4. The number of amides is 1. The minimum absolute atomic E-state index is 0.111. The number of rotatable bonds is 6. The van der Waals surface area contributed by atoms with Gasteiger partial charge in [0.1, 0.15) is 17.0 Å². The molecule has 0 saturated carbocycles. The molecule has 6 aromatic rings. The van der Waals surface area contributed by atoms with Crippen molar-refractivity contribution in [1.82, 2.24) is 35.1 Å². The first-order chi connectivity index (χ1) is 18.1. The second-order valence-corrected chi connectivity index (χ2v) is 8.59. The summed E-state index contributed by atoms with van der Waals surface area (Å²) in [7, 11) is 0. The van der Waals surface area contributed by atoms with Gasteiger partial charge >= 0.3 is 0 Å². The Morgan fingerprint density at radius 2 is 1.84 bits per heavy atom. The number of pyridine rings is 3. The van der Waals surface area contributed by atoms with Gasteiger partial charge in [0.25, 0.3) is 0 Å². The molecule has 0 unspecified atom stereocenters. The number of nitrogens with zero attached hydrogens (tertiary/aromatic N) is 5. The summed E-state index contributed by atoms with van der Waals surface area (Å²) in [6.45, 7) is 1.93. The first-order valence-electron chi connectivity index (χ1n) is 11.8. The number of carbonyl (C=O) groups excluding carboxylic acids is 1. The second kappa shape index (κ2) is 9.23. The van der Waals surface area contributed by atoms with Crippen molar-refractivity contribution in [1.29, 1.82) is 0 Å². The van der Waals surface area contributed by atoms with Gasteiger partial charge in [0.2, 0.25) is 5.91 Å². The molecule has 0 saturated heterocycles. The molecule has 0 aliphatic heterocycles. The van der Waals surface area contributed by atoms with Gasteiger partial charge in [-0.15, -0.1) is 0 Å². The van der Waals surface area contributed by atoms with E-state index in [2.05, 4.69) is 35.5 Å². The fraction of sp³-hybridized carbons (Fsp3) is 0.111. The number of fused-ring (bicyclic) bond motifs is 2. The topological polar surface area (TPSA) is 125 Å². The van der Waals surface area contributed by atoms with Gasteiger partial charge < -0.3 is 10.3 Å². The summed E-state index contributed by atoms with van der Waals surface area (Å²) in [5.41, 5.74) is 5.58. The van der Waals surface area contributed by atoms with Gasteiger partial charge in [0.05, 0.1) is 28.6 Å². The summed E-state index contributed by atoms with van der Waals surface area (Å²) in [6.07, 6.45) is 9.37. The van der Waals surface area contributed by atoms with E-state index in [4.69, 9.17) is 4.98 Å². The quantitative estimate of drug-likeness (QED) is 0.282. The number of hydrogen-bond acceptors (Lipinski definition) is 6. The van der Waals surface area contributed by atoms with Crippen LogP contribution in [0.25, 0.3) is 55.8 Å². The summed E-state index contributed by atoms with van der Waals surface area (Å²) in [4.78, 5) is 32.9. The van der Waals surface area contributed by atoms with Crippen molar-refractivity contribution in [2.75, 3.05) is 5.32 Å². The summed E-state index contributed by atoms with van der Waals surface area (Å²) in [6, 6.07) is 10.4. The number of aromatic nitrogens is 7. The van der Waals surface area contributed by atoms with Crippen LogP contribution in [0.15, 0.2) is 67.4 Å². The maximum absolute atomic E-state index is 15.1. The predicted octanol–water partition coefficient (Wildman–Crippen LogP) is 5.50. The molecular formula is C27H21FN8O. The lowest BCUT2D eigenvalue weighted by molar-refractivity contribution is -0.116. The molecule has 37 heavy (non-hydrogen) atoms. The molecule has 1 amide bonds. The minimum Gasteiger partial charge on any atom is -0.336 e. The van der Waals surface area contributed by atoms with Crippen molar-refractivity contribution in [3.63, 3.8) is 0 Å². The zero-order valence-electron chi connectivity index (χ0n) is 19.8. The van der Waals surface area contributed by atoms with Gasteiger partial charge in [0.15, 0.2) is 5.82 Å². The molecule has 182 valence electrons. The lowest BCUT2D eigenvalue weighted by atomic mass is 10.0. The van der Waals surface area contributed by atoms with Crippen LogP contribution in [0.4, 0.5) is 10.1 Å². The number of nitrogens with one attached hydrogen (secondary N) is 3. The van der Waals surface area contributed by atoms with Crippen LogP contribution in [0.3, 0.4) is 0 Å². The average Bonchev–Trinajstić information content (AvgIpc) is 3.52. The number of benzene rings is 1. The standard InChI is InChI=1S/C27H21FN8O/c1-2-3-23(37)32-17-10-16(13-30-14-17)18-11-19-22(12-20(18)28)35-36-25(19)27-33-21-6-9-31-24(26(21)34-27)15-4-7-29-8-5-15/h4-14H,2-3H2,1H3,(H,32,37)(H,33,34)(H,35,36). The Morgan fingerprint density at radius 3 is 2.68 bits per heavy atom. The third kappa shape index (κ3) is 4.18. The molecule has 9 nitrogen and oxygen atoms in total. The van der Waals surface area contributed by atoms with Crippen LogP contribution in [0.1, 0.15) is 19.8 Å². The summed E-state index contributed by atoms with van der Waals surface area (Å²) < 4.78 is 15.1. The van der Waals surface area contributed by atoms with Gasteiger partial charge in [-0.05, 0) is 36.8 Å². The van der Waals surface area contributed by atoms with E-state index in [1.165, 1.54) is 6.07 Å². The number of anilines is 1. The summed E-state index contributed by atoms with van der Waals surface area (Å²) >= 11 is 0. The summed E-state index contributed by atoms with van der Waals surface area (Å²) in [5, 5.41) is 10.8. The number of carbonyl (C=O) groups is 1. The van der Waals surface area contributed by atoms with E-state index >= 15 is 4.39 Å². The van der Waals surface area contributed by atoms with Gasteiger partial charge in [-0.25, -0.2) is 9.37 Å². The van der Waals surface area contributed by atoms with E-state index in [1.807, 2.05) is 25.1 Å². The molecule has 0 atom stereocenters. The highest BCUT2D eigenvalue weighted by atomic mass is 19.1. The number of hydrogen-bond donors (Lipinski definition) is 3. The highest BCUT2D eigenvalue weighted by Crippen LogP contribution is 2.34. The second-order valence-electron chi connectivity index (χ2n) is 8.59. The lowest BCUT2D eigenvalue weighted by Gasteiger charge is -2.08. The fourth-order valence-corrected chi connectivity index (χ4v) is 4.31. The SMILES string of the molecule is CCCC(=O)Nc1cncc(-c2cc3c(-c4nc5c(-c6ccncc6)nccc5[nH]4)n[nH]c3cc2F)c1. The van der Waals surface area contributed by atoms with Crippen LogP contribution >= 0.6 is 0 Å². The van der Waals surface area contributed by atoms with Crippen LogP contribution in [0.5, 0.6) is 0 Å². The van der Waals surface area contributed by atoms with E-state index in [-0.39, 0.29) is 5.91 Å². The molecule has 1 aromatic carbocycles. The van der Waals surface area contributed by atoms with Crippen molar-refractivity contribution in [3.8, 4) is 33.9 Å². The predicted molar refractivity (Wildman–Crippen MR) is 139 cm³/mol. The van der Waals surface area contributed by atoms with Crippen molar-refractivity contribution in [2.24, 2.45) is 0 Å². The van der Waals surface area contributed by atoms with E-state index < -0.39 is 5.82 Å². The van der Waals surface area contributed by atoms with Crippen LogP contribution in [0.2, 0.25) is 0 Å². The van der Waals surface area contributed by atoms with E-state index in [0.29, 0.717) is 51.2 Å². The van der Waals surface area contributed by atoms with Crippen molar-refractivity contribution in [2.45, 2.75) is 19.8 Å². The molecule has 0 spiro atoms. The maximum Gasteiger partial charge on any atom is 0.224 e. The third-order valence-electron chi connectivity index (χ3n) is 6.04. The number of imidazole rings is 1. The van der Waals surface area contributed by atoms with Crippen molar-refractivity contribution in [3.05, 3.63) is 73.2 Å². The lowest BCUT2D eigenvalue weighted by Crippen LogP contribution is -2.10. The Bertz CT molecular complexity index is 1760. The van der Waals surface area contributed by atoms with Gasteiger partial charge in [-0.3, -0.25) is 24.8 Å². The van der Waals surface area contributed by atoms with Gasteiger partial charge in [-0.1, -0.05) is 6.92 Å². The molecule has 0 aliphatic rings. The van der Waals surface area contributed by atoms with E-state index in [1.54, 1.807) is 43.1 Å². The Hall–Kier alpha value is -4.99. The van der Waals surface area contributed by atoms with Crippen LogP contribution in [-0.4, -0.2) is 41.0 Å². The van der Waals surface area contributed by atoms with Crippen LogP contribution in [-0.2, 0) is 4.79 Å². The van der Waals surface area contributed by atoms with Crippen molar-refractivity contribution < 1.29 is 9.18 Å². The molecule has 0 radical (unpaired) electrons. The highest BCUT2D eigenvalue weighted by Gasteiger charge is 2.18. The molecule has 3 N–H and O–H groups in total. The largest absolute Gasteiger partial charge is 0.336 e. The Labute approximate surface area is 210 Å². The first kappa shape index (κ1) is 22.5. The van der Waals surface area contributed by atoms with E-state index in [9.17, 15) is 4.79 Å². The van der Waals surface area contributed by atoms with Gasteiger partial charge in [-0.2, -0.15) is 5.10 Å². The molecule has 5 aromatic heterocycles. The van der Waals surface area contributed by atoms with Crippen molar-refractivity contribution >= 4 is 33.5 Å². The molecular weight excluding hydrogens is 471 g/mol. The molecule has 5 heterocycles. The Morgan fingerprint density at radius 1 is 0.973 bits per heavy atom. The molecule has 6 rings (SSSR count). The summed E-state index contributed by atoms with van der Waals surface area (Å²) in [5.74, 6) is -0.0175. The zero-order valence-corrected chi connectivity index (χ0v) is 19.8. The molecule has 0 bridgehead atoms. The highest BCUT2D eigenvalue weighted by molar-refractivity contribution is 5.98. The number of H-pyrrole nitrogens is 2. The van der Waals surface area contributed by atoms with Gasteiger partial charge in [0, 0.05) is 59.4 Å². The minimum atomic E-state index is -0.435. The molecule has 10 heteroatoms.